The Labute approximate surface area is 216 Å². The highest BCUT2D eigenvalue weighted by atomic mass is 32.1. The molecule has 1 fully saturated rings. The maximum Gasteiger partial charge on any atom is 0.332 e. The molecule has 196 valence electrons. The zero-order valence-corrected chi connectivity index (χ0v) is 22.1. The summed E-state index contributed by atoms with van der Waals surface area (Å²) < 4.78 is 15.7. The topological polar surface area (TPSA) is 117 Å². The molecule has 0 N–H and O–H groups in total. The van der Waals surface area contributed by atoms with Crippen LogP contribution in [0.15, 0.2) is 28.0 Å². The molecule has 13 heteroatoms. The number of nitrogens with zero attached hydrogens (tertiary/aromatic N) is 7. The molecule has 1 amide bonds. The van der Waals surface area contributed by atoms with Crippen molar-refractivity contribution in [3.63, 3.8) is 0 Å². The molecule has 4 heterocycles. The fraction of sp³-hybridized carbons (Fsp3) is 0.458. The number of anilines is 1. The first-order valence-corrected chi connectivity index (χ1v) is 12.8. The zero-order chi connectivity index (χ0) is 26.3. The van der Waals surface area contributed by atoms with Gasteiger partial charge < -0.3 is 14.0 Å². The van der Waals surface area contributed by atoms with E-state index in [2.05, 4.69) is 9.88 Å². The van der Waals surface area contributed by atoms with Gasteiger partial charge in [-0.3, -0.25) is 28.5 Å². The van der Waals surface area contributed by atoms with Gasteiger partial charge in [0.05, 0.1) is 31.4 Å². The molecule has 5 rings (SSSR count). The summed E-state index contributed by atoms with van der Waals surface area (Å²) in [4.78, 5) is 51.9. The molecule has 1 aliphatic rings. The van der Waals surface area contributed by atoms with Crippen molar-refractivity contribution in [1.82, 2.24) is 28.6 Å². The van der Waals surface area contributed by atoms with Gasteiger partial charge in [-0.25, -0.2) is 14.8 Å². The molecule has 0 atom stereocenters. The van der Waals surface area contributed by atoms with E-state index < -0.39 is 11.2 Å². The van der Waals surface area contributed by atoms with Gasteiger partial charge in [-0.15, -0.1) is 0 Å². The summed E-state index contributed by atoms with van der Waals surface area (Å²) in [6, 6.07) is 3.85. The molecule has 1 saturated heterocycles. The first-order chi connectivity index (χ1) is 17.8. The Balaban J connectivity index is 1.52. The number of imidazole rings is 1. The number of benzene rings is 1. The summed E-state index contributed by atoms with van der Waals surface area (Å²) in [5.41, 5.74) is 1.23. The third kappa shape index (κ3) is 4.54. The lowest BCUT2D eigenvalue weighted by atomic mass is 10.2. The molecule has 0 bridgehead atoms. The number of morpholine rings is 1. The van der Waals surface area contributed by atoms with Crippen molar-refractivity contribution in [2.24, 2.45) is 14.1 Å². The molecule has 3 aromatic heterocycles. The smallest absolute Gasteiger partial charge is 0.332 e. The number of carbonyl (C=O) groups is 1. The number of carbonyl (C=O) groups excluding carboxylic acids is 1. The van der Waals surface area contributed by atoms with Gasteiger partial charge in [0, 0.05) is 40.3 Å². The first-order valence-electron chi connectivity index (χ1n) is 12.0. The van der Waals surface area contributed by atoms with E-state index >= 15 is 0 Å². The number of amides is 1. The fourth-order valence-corrected chi connectivity index (χ4v) is 5.61. The Morgan fingerprint density at radius 2 is 1.95 bits per heavy atom. The van der Waals surface area contributed by atoms with E-state index in [0.29, 0.717) is 42.7 Å². The molecule has 0 unspecified atom stereocenters. The molecule has 0 aliphatic carbocycles. The summed E-state index contributed by atoms with van der Waals surface area (Å²) in [7, 11) is 4.56. The van der Waals surface area contributed by atoms with E-state index in [9.17, 15) is 14.4 Å². The lowest BCUT2D eigenvalue weighted by molar-refractivity contribution is -0.119. The highest BCUT2D eigenvalue weighted by Crippen LogP contribution is 2.36. The summed E-state index contributed by atoms with van der Waals surface area (Å²) in [5, 5.41) is 0.561. The van der Waals surface area contributed by atoms with Crippen LogP contribution in [0, 0.1) is 6.92 Å². The molecular weight excluding hydrogens is 498 g/mol. The van der Waals surface area contributed by atoms with Crippen molar-refractivity contribution in [2.45, 2.75) is 13.5 Å². The van der Waals surface area contributed by atoms with Gasteiger partial charge in [0.15, 0.2) is 16.3 Å². The van der Waals surface area contributed by atoms with Gasteiger partial charge >= 0.3 is 5.69 Å². The van der Waals surface area contributed by atoms with Crippen LogP contribution in [0.25, 0.3) is 21.4 Å². The van der Waals surface area contributed by atoms with Crippen LogP contribution in [-0.4, -0.2) is 81.0 Å². The van der Waals surface area contributed by atoms with Crippen LogP contribution in [-0.2, 0) is 30.2 Å². The average molecular weight is 528 g/mol. The molecule has 12 nitrogen and oxygen atoms in total. The standard InChI is InChI=1S/C24H29N7O5S/c1-15-5-6-16(35-4)18-20(15)37-23(26-18)31(8-7-29-9-11-36-12-10-29)17(32)13-30-14-25-21-19(30)22(33)28(3)24(34)27(21)2/h5-6,14H,7-13H2,1-4H3. The third-order valence-electron chi connectivity index (χ3n) is 6.71. The Morgan fingerprint density at radius 1 is 1.19 bits per heavy atom. The van der Waals surface area contributed by atoms with E-state index in [1.54, 1.807) is 19.1 Å². The number of hydrogen-bond donors (Lipinski definition) is 0. The third-order valence-corrected chi connectivity index (χ3v) is 7.92. The Hall–Kier alpha value is -3.55. The molecule has 37 heavy (non-hydrogen) atoms. The summed E-state index contributed by atoms with van der Waals surface area (Å²) in [5.74, 6) is 0.410. The largest absolute Gasteiger partial charge is 0.494 e. The van der Waals surface area contributed by atoms with Crippen LogP contribution in [0.5, 0.6) is 5.75 Å². The number of aromatic nitrogens is 5. The Morgan fingerprint density at radius 3 is 2.68 bits per heavy atom. The van der Waals surface area contributed by atoms with Crippen LogP contribution >= 0.6 is 11.3 Å². The van der Waals surface area contributed by atoms with Gasteiger partial charge in [-0.2, -0.15) is 0 Å². The van der Waals surface area contributed by atoms with E-state index in [-0.39, 0.29) is 23.6 Å². The predicted octanol–water partition coefficient (Wildman–Crippen LogP) is 0.726. The van der Waals surface area contributed by atoms with Gasteiger partial charge in [-0.1, -0.05) is 17.4 Å². The maximum absolute atomic E-state index is 13.8. The second kappa shape index (κ2) is 10.1. The number of aryl methyl sites for hydroxylation is 2. The monoisotopic (exact) mass is 527 g/mol. The highest BCUT2D eigenvalue weighted by molar-refractivity contribution is 7.22. The molecule has 0 spiro atoms. The first kappa shape index (κ1) is 25.1. The van der Waals surface area contributed by atoms with Crippen molar-refractivity contribution in [3.8, 4) is 5.75 Å². The lowest BCUT2D eigenvalue weighted by Crippen LogP contribution is -2.44. The van der Waals surface area contributed by atoms with Gasteiger partial charge in [0.2, 0.25) is 5.91 Å². The molecule has 1 aromatic carbocycles. The van der Waals surface area contributed by atoms with Crippen LogP contribution in [0.4, 0.5) is 5.13 Å². The summed E-state index contributed by atoms with van der Waals surface area (Å²) >= 11 is 1.44. The van der Waals surface area contributed by atoms with Crippen molar-refractivity contribution < 1.29 is 14.3 Å². The van der Waals surface area contributed by atoms with Crippen LogP contribution in [0.1, 0.15) is 5.56 Å². The maximum atomic E-state index is 13.8. The normalized spacial score (nSPS) is 14.5. The zero-order valence-electron chi connectivity index (χ0n) is 21.3. The van der Waals surface area contributed by atoms with E-state index in [0.717, 1.165) is 27.9 Å². The Kier molecular flexibility index (Phi) is 6.84. The van der Waals surface area contributed by atoms with Crippen molar-refractivity contribution in [2.75, 3.05) is 51.4 Å². The Bertz CT molecular complexity index is 1600. The van der Waals surface area contributed by atoms with Crippen LogP contribution in [0.2, 0.25) is 0 Å². The van der Waals surface area contributed by atoms with Crippen molar-refractivity contribution in [1.29, 1.82) is 0 Å². The molecule has 4 aromatic rings. The van der Waals surface area contributed by atoms with E-state index in [1.165, 1.54) is 33.8 Å². The summed E-state index contributed by atoms with van der Waals surface area (Å²) in [6.45, 7) is 5.87. The number of hydrogen-bond acceptors (Lipinski definition) is 9. The number of rotatable bonds is 7. The van der Waals surface area contributed by atoms with E-state index in [1.807, 2.05) is 19.1 Å². The minimum Gasteiger partial charge on any atom is -0.494 e. The predicted molar refractivity (Wildman–Crippen MR) is 141 cm³/mol. The van der Waals surface area contributed by atoms with Gasteiger partial charge in [0.1, 0.15) is 17.8 Å². The number of fused-ring (bicyclic) bond motifs is 2. The van der Waals surface area contributed by atoms with Gasteiger partial charge in [0.25, 0.3) is 5.56 Å². The number of thiazole rings is 1. The van der Waals surface area contributed by atoms with Crippen molar-refractivity contribution >= 4 is 43.8 Å². The minimum absolute atomic E-state index is 0.126. The average Bonchev–Trinajstić information content (AvgIpc) is 3.53. The highest BCUT2D eigenvalue weighted by Gasteiger charge is 2.25. The SMILES string of the molecule is COc1ccc(C)c2sc(N(CCN3CCOCC3)C(=O)Cn3cnc4c3c(=O)n(C)c(=O)n4C)nc12. The second-order valence-corrected chi connectivity index (χ2v) is 9.99. The minimum atomic E-state index is -0.497. The fourth-order valence-electron chi connectivity index (χ4n) is 4.52. The van der Waals surface area contributed by atoms with E-state index in [4.69, 9.17) is 14.5 Å². The van der Waals surface area contributed by atoms with Crippen molar-refractivity contribution in [3.05, 3.63) is 44.9 Å². The quantitative estimate of drug-likeness (QED) is 0.345. The lowest BCUT2D eigenvalue weighted by Gasteiger charge is -2.29. The molecule has 0 radical (unpaired) electrons. The number of ether oxygens (including phenoxy) is 2. The summed E-state index contributed by atoms with van der Waals surface area (Å²) in [6.07, 6.45) is 1.43. The van der Waals surface area contributed by atoms with Gasteiger partial charge in [-0.05, 0) is 18.6 Å². The molecule has 1 aliphatic heterocycles. The van der Waals surface area contributed by atoms with Crippen LogP contribution < -0.4 is 20.9 Å². The molecular formula is C24H29N7O5S. The second-order valence-electron chi connectivity index (χ2n) is 9.01. The molecule has 0 saturated carbocycles. The van der Waals surface area contributed by atoms with Crippen LogP contribution in [0.3, 0.4) is 0 Å². The number of methoxy groups -OCH3 is 1.